The highest BCUT2D eigenvalue weighted by Crippen LogP contribution is 2.40. The Labute approximate surface area is 118 Å². The molecular weight excluding hydrogens is 281 g/mol. The average molecular weight is 292 g/mol. The molecule has 1 aromatic heterocycles. The number of anilines is 1. The molecule has 2 heterocycles. The maximum absolute atomic E-state index is 12.8. The second-order valence-electron chi connectivity index (χ2n) is 4.89. The number of aromatic nitrogens is 1. The third-order valence-corrected chi connectivity index (χ3v) is 3.53. The first-order valence-corrected chi connectivity index (χ1v) is 6.36. The van der Waals surface area contributed by atoms with Gasteiger partial charge < -0.3 is 5.32 Å². The van der Waals surface area contributed by atoms with Gasteiger partial charge in [-0.05, 0) is 35.4 Å². The first kappa shape index (κ1) is 13.6. The summed E-state index contributed by atoms with van der Waals surface area (Å²) in [4.78, 5) is 15.7. The van der Waals surface area contributed by atoms with Crippen LogP contribution in [0.2, 0.25) is 0 Å². The Hall–Kier alpha value is -2.37. The van der Waals surface area contributed by atoms with Crippen LogP contribution in [0.5, 0.6) is 0 Å². The third kappa shape index (κ3) is 2.61. The van der Waals surface area contributed by atoms with E-state index in [4.69, 9.17) is 0 Å². The lowest BCUT2D eigenvalue weighted by Gasteiger charge is -2.26. The van der Waals surface area contributed by atoms with Crippen molar-refractivity contribution in [3.63, 3.8) is 0 Å². The zero-order chi connectivity index (χ0) is 15.0. The van der Waals surface area contributed by atoms with Crippen LogP contribution < -0.4 is 5.32 Å². The Morgan fingerprint density at radius 3 is 2.52 bits per heavy atom. The Morgan fingerprint density at radius 2 is 1.86 bits per heavy atom. The van der Waals surface area contributed by atoms with Crippen molar-refractivity contribution in [3.8, 4) is 0 Å². The highest BCUT2D eigenvalue weighted by atomic mass is 19.4. The predicted molar refractivity (Wildman–Crippen MR) is 70.8 cm³/mol. The lowest BCUT2D eigenvalue weighted by Crippen LogP contribution is -2.24. The topological polar surface area (TPSA) is 42.0 Å². The van der Waals surface area contributed by atoms with E-state index >= 15 is 0 Å². The van der Waals surface area contributed by atoms with Crippen molar-refractivity contribution in [2.24, 2.45) is 0 Å². The first-order chi connectivity index (χ1) is 9.95. The molecule has 3 rings (SSSR count). The average Bonchev–Trinajstić information content (AvgIpc) is 2.45. The molecule has 1 amide bonds. The second-order valence-corrected chi connectivity index (χ2v) is 4.89. The number of nitrogens with one attached hydrogen (secondary N) is 1. The number of carbonyl (C=O) groups is 1. The molecule has 0 spiro atoms. The van der Waals surface area contributed by atoms with Crippen molar-refractivity contribution < 1.29 is 18.0 Å². The fourth-order valence-corrected chi connectivity index (χ4v) is 2.53. The molecule has 1 aliphatic rings. The van der Waals surface area contributed by atoms with Crippen molar-refractivity contribution in [2.75, 3.05) is 5.32 Å². The Bertz CT molecular complexity index is 683. The summed E-state index contributed by atoms with van der Waals surface area (Å²) in [5.41, 5.74) is 1.01. The molecule has 1 unspecified atom stereocenters. The molecule has 0 bridgehead atoms. The summed E-state index contributed by atoms with van der Waals surface area (Å²) < 4.78 is 38.3. The van der Waals surface area contributed by atoms with E-state index in [-0.39, 0.29) is 23.9 Å². The third-order valence-electron chi connectivity index (χ3n) is 3.53. The van der Waals surface area contributed by atoms with Crippen LogP contribution in [0, 0.1) is 0 Å². The van der Waals surface area contributed by atoms with Crippen LogP contribution in [0.1, 0.15) is 29.0 Å². The van der Waals surface area contributed by atoms with Crippen molar-refractivity contribution in [2.45, 2.75) is 18.5 Å². The summed E-state index contributed by atoms with van der Waals surface area (Å²) in [5.74, 6) is -0.539. The molecule has 21 heavy (non-hydrogen) atoms. The monoisotopic (exact) mass is 292 g/mol. The molecule has 0 aliphatic carbocycles. The van der Waals surface area contributed by atoms with E-state index < -0.39 is 11.7 Å². The summed E-state index contributed by atoms with van der Waals surface area (Å²) in [6, 6.07) is 7.00. The summed E-state index contributed by atoms with van der Waals surface area (Å²) in [6.45, 7) is 0. The molecule has 3 nitrogen and oxygen atoms in total. The summed E-state index contributed by atoms with van der Waals surface area (Å²) >= 11 is 0. The van der Waals surface area contributed by atoms with Gasteiger partial charge in [0, 0.05) is 30.4 Å². The Kier molecular flexibility index (Phi) is 3.16. The molecule has 1 N–H and O–H groups in total. The number of rotatable bonds is 1. The zero-order valence-corrected chi connectivity index (χ0v) is 10.8. The lowest BCUT2D eigenvalue weighted by molar-refractivity contribution is -0.137. The molecule has 0 radical (unpaired) electrons. The minimum atomic E-state index is -4.43. The second kappa shape index (κ2) is 4.87. The van der Waals surface area contributed by atoms with Crippen LogP contribution in [0.25, 0.3) is 0 Å². The van der Waals surface area contributed by atoms with Crippen LogP contribution in [0.3, 0.4) is 0 Å². The van der Waals surface area contributed by atoms with Gasteiger partial charge in [0.15, 0.2) is 0 Å². The fourth-order valence-electron chi connectivity index (χ4n) is 2.53. The molecule has 6 heteroatoms. The molecule has 1 aliphatic heterocycles. The number of nitrogens with zero attached hydrogens (tertiary/aromatic N) is 1. The number of hydrogen-bond donors (Lipinski definition) is 1. The van der Waals surface area contributed by atoms with Crippen molar-refractivity contribution in [3.05, 3.63) is 59.4 Å². The quantitative estimate of drug-likeness (QED) is 0.873. The lowest BCUT2D eigenvalue weighted by atomic mass is 9.84. The van der Waals surface area contributed by atoms with Gasteiger partial charge in [-0.25, -0.2) is 0 Å². The number of fused-ring (bicyclic) bond motifs is 1. The summed E-state index contributed by atoms with van der Waals surface area (Å²) in [7, 11) is 0. The maximum Gasteiger partial charge on any atom is 0.416 e. The van der Waals surface area contributed by atoms with E-state index in [1.54, 1.807) is 24.5 Å². The van der Waals surface area contributed by atoms with Crippen molar-refractivity contribution in [1.82, 2.24) is 4.98 Å². The van der Waals surface area contributed by atoms with E-state index in [1.807, 2.05) is 0 Å². The van der Waals surface area contributed by atoms with Gasteiger partial charge in [-0.2, -0.15) is 13.2 Å². The van der Waals surface area contributed by atoms with Crippen molar-refractivity contribution in [1.29, 1.82) is 0 Å². The van der Waals surface area contributed by atoms with Crippen LogP contribution in [0.4, 0.5) is 18.9 Å². The van der Waals surface area contributed by atoms with Crippen LogP contribution in [0.15, 0.2) is 42.7 Å². The molecule has 0 saturated carbocycles. The van der Waals surface area contributed by atoms with Gasteiger partial charge in [-0.15, -0.1) is 0 Å². The van der Waals surface area contributed by atoms with Gasteiger partial charge in [0.1, 0.15) is 0 Å². The minimum absolute atomic E-state index is 0.211. The van der Waals surface area contributed by atoms with E-state index in [1.165, 1.54) is 6.07 Å². The normalized spacial score (nSPS) is 18.0. The molecule has 1 atom stereocenters. The number of halogens is 3. The maximum atomic E-state index is 12.8. The fraction of sp³-hybridized carbons (Fsp3) is 0.200. The van der Waals surface area contributed by atoms with E-state index in [0.717, 1.165) is 17.7 Å². The molecule has 108 valence electrons. The van der Waals surface area contributed by atoms with Gasteiger partial charge in [0.05, 0.1) is 5.56 Å². The first-order valence-electron chi connectivity index (χ1n) is 6.36. The summed E-state index contributed by atoms with van der Waals surface area (Å²) in [6.07, 6.45) is -1.01. The molecular formula is C15H11F3N2O. The van der Waals surface area contributed by atoms with Gasteiger partial charge in [-0.3, -0.25) is 9.78 Å². The molecule has 0 fully saturated rings. The highest BCUT2D eigenvalue weighted by Gasteiger charge is 2.33. The minimum Gasteiger partial charge on any atom is -0.326 e. The summed E-state index contributed by atoms with van der Waals surface area (Å²) in [5, 5.41) is 2.52. The Balaban J connectivity index is 2.08. The number of hydrogen-bond acceptors (Lipinski definition) is 2. The largest absolute Gasteiger partial charge is 0.416 e. The van der Waals surface area contributed by atoms with Crippen LogP contribution >= 0.6 is 0 Å². The van der Waals surface area contributed by atoms with E-state index in [9.17, 15) is 18.0 Å². The van der Waals surface area contributed by atoms with Gasteiger partial charge in [-0.1, -0.05) is 6.07 Å². The van der Waals surface area contributed by atoms with E-state index in [2.05, 4.69) is 10.3 Å². The van der Waals surface area contributed by atoms with E-state index in [0.29, 0.717) is 5.56 Å². The van der Waals surface area contributed by atoms with Gasteiger partial charge in [0.25, 0.3) is 0 Å². The van der Waals surface area contributed by atoms with Crippen LogP contribution in [-0.4, -0.2) is 10.9 Å². The molecule has 1 aromatic carbocycles. The zero-order valence-electron chi connectivity index (χ0n) is 10.8. The number of benzene rings is 1. The van der Waals surface area contributed by atoms with Crippen molar-refractivity contribution >= 4 is 11.6 Å². The number of carbonyl (C=O) groups excluding carboxylic acids is 1. The Morgan fingerprint density at radius 1 is 1.14 bits per heavy atom. The number of pyridine rings is 1. The van der Waals surface area contributed by atoms with Gasteiger partial charge in [0.2, 0.25) is 5.91 Å². The molecule has 2 aromatic rings. The number of amides is 1. The SMILES string of the molecule is O=C1CC(c2ccncc2)c2ccc(C(F)(F)F)cc2N1. The molecule has 0 saturated heterocycles. The predicted octanol–water partition coefficient (Wildman–Crippen LogP) is 3.57. The van der Waals surface area contributed by atoms with Crippen LogP contribution in [-0.2, 0) is 11.0 Å². The standard InChI is InChI=1S/C15H11F3N2O/c16-15(17,18)10-1-2-11-12(9-3-5-19-6-4-9)8-14(21)20-13(11)7-10/h1-7,12H,8H2,(H,20,21). The highest BCUT2D eigenvalue weighted by molar-refractivity contribution is 5.95. The number of alkyl halides is 3. The smallest absolute Gasteiger partial charge is 0.326 e. The van der Waals surface area contributed by atoms with Gasteiger partial charge >= 0.3 is 6.18 Å².